The molecule has 0 atom stereocenters. The van der Waals surface area contributed by atoms with Gasteiger partial charge in [0.2, 0.25) is 15.9 Å². The Morgan fingerprint density at radius 2 is 1.97 bits per heavy atom. The Morgan fingerprint density at radius 1 is 1.21 bits per heavy atom. The van der Waals surface area contributed by atoms with E-state index in [1.54, 1.807) is 6.20 Å². The van der Waals surface area contributed by atoms with Gasteiger partial charge in [-0.2, -0.15) is 0 Å². The number of hydrogen-bond acceptors (Lipinski definition) is 4. The third kappa shape index (κ3) is 5.00. The lowest BCUT2D eigenvalue weighted by molar-refractivity contribution is -0.119. The molecule has 0 fully saturated rings. The van der Waals surface area contributed by atoms with E-state index < -0.39 is 28.3 Å². The Hall–Kier alpha value is -3.20. The van der Waals surface area contributed by atoms with E-state index in [0.29, 0.717) is 0 Å². The monoisotopic (exact) mass is 416 g/mol. The average molecular weight is 416 g/mol. The van der Waals surface area contributed by atoms with Crippen LogP contribution in [0.3, 0.4) is 0 Å². The van der Waals surface area contributed by atoms with Crippen LogP contribution in [0.25, 0.3) is 5.69 Å². The molecule has 1 N–H and O–H groups in total. The predicted molar refractivity (Wildman–Crippen MR) is 109 cm³/mol. The minimum absolute atomic E-state index is 0.0945. The van der Waals surface area contributed by atoms with Crippen LogP contribution in [0.15, 0.2) is 60.9 Å². The van der Waals surface area contributed by atoms with Crippen LogP contribution in [0.1, 0.15) is 11.4 Å². The van der Waals surface area contributed by atoms with Crippen molar-refractivity contribution in [3.63, 3.8) is 0 Å². The SMILES string of the molecule is Cc1nccn1-c1ccccc1CNC(=O)CN(c1cccc(F)c1)S(C)(=O)=O. The molecule has 0 spiro atoms. The van der Waals surface area contributed by atoms with Gasteiger partial charge in [-0.1, -0.05) is 24.3 Å². The largest absolute Gasteiger partial charge is 0.350 e. The smallest absolute Gasteiger partial charge is 0.241 e. The Balaban J connectivity index is 1.75. The van der Waals surface area contributed by atoms with Gasteiger partial charge in [-0.3, -0.25) is 9.10 Å². The number of halogens is 1. The van der Waals surface area contributed by atoms with Crippen molar-refractivity contribution in [2.45, 2.75) is 13.5 Å². The molecule has 0 bridgehead atoms. The highest BCUT2D eigenvalue weighted by atomic mass is 32.2. The molecule has 29 heavy (non-hydrogen) atoms. The summed E-state index contributed by atoms with van der Waals surface area (Å²) in [6.07, 6.45) is 4.49. The maximum Gasteiger partial charge on any atom is 0.241 e. The molecule has 1 heterocycles. The quantitative estimate of drug-likeness (QED) is 0.641. The number of amides is 1. The van der Waals surface area contributed by atoms with E-state index in [0.717, 1.165) is 33.7 Å². The van der Waals surface area contributed by atoms with Gasteiger partial charge in [0, 0.05) is 18.9 Å². The Bertz CT molecular complexity index is 1130. The van der Waals surface area contributed by atoms with Crippen molar-refractivity contribution in [3.05, 3.63) is 78.1 Å². The topological polar surface area (TPSA) is 84.3 Å². The van der Waals surface area contributed by atoms with Gasteiger partial charge in [0.1, 0.15) is 18.2 Å². The molecule has 0 unspecified atom stereocenters. The van der Waals surface area contributed by atoms with E-state index in [1.165, 1.54) is 18.2 Å². The number of nitrogens with one attached hydrogen (secondary N) is 1. The van der Waals surface area contributed by atoms with E-state index in [-0.39, 0.29) is 12.2 Å². The molecule has 0 saturated heterocycles. The molecule has 0 aliphatic rings. The maximum absolute atomic E-state index is 13.5. The molecule has 152 valence electrons. The van der Waals surface area contributed by atoms with E-state index in [4.69, 9.17) is 0 Å². The molecule has 1 amide bonds. The molecule has 1 aromatic heterocycles. The zero-order valence-electron chi connectivity index (χ0n) is 16.0. The summed E-state index contributed by atoms with van der Waals surface area (Å²) in [6.45, 7) is 1.63. The second-order valence-corrected chi connectivity index (χ2v) is 8.41. The third-order valence-electron chi connectivity index (χ3n) is 4.34. The predicted octanol–water partition coefficient (Wildman–Crippen LogP) is 2.40. The molecule has 7 nitrogen and oxygen atoms in total. The van der Waals surface area contributed by atoms with Gasteiger partial charge < -0.3 is 9.88 Å². The molecule has 0 saturated carbocycles. The number of hydrogen-bond donors (Lipinski definition) is 1. The van der Waals surface area contributed by atoms with Crippen LogP contribution in [-0.2, 0) is 21.4 Å². The van der Waals surface area contributed by atoms with Crippen LogP contribution in [0, 0.1) is 12.7 Å². The maximum atomic E-state index is 13.5. The minimum Gasteiger partial charge on any atom is -0.350 e. The Morgan fingerprint density at radius 3 is 2.62 bits per heavy atom. The van der Waals surface area contributed by atoms with Crippen LogP contribution in [0.5, 0.6) is 0 Å². The molecule has 2 aromatic carbocycles. The van der Waals surface area contributed by atoms with Crippen molar-refractivity contribution < 1.29 is 17.6 Å². The molecule has 3 aromatic rings. The zero-order chi connectivity index (χ0) is 21.0. The molecule has 9 heteroatoms. The van der Waals surface area contributed by atoms with Gasteiger partial charge in [0.25, 0.3) is 0 Å². The van der Waals surface area contributed by atoms with Crippen LogP contribution in [-0.4, -0.2) is 36.7 Å². The van der Waals surface area contributed by atoms with Crippen molar-refractivity contribution in [3.8, 4) is 5.69 Å². The zero-order valence-corrected chi connectivity index (χ0v) is 16.9. The van der Waals surface area contributed by atoms with Gasteiger partial charge in [-0.05, 0) is 36.8 Å². The van der Waals surface area contributed by atoms with Gasteiger partial charge in [0.15, 0.2) is 0 Å². The number of rotatable bonds is 7. The van der Waals surface area contributed by atoms with Crippen LogP contribution in [0.2, 0.25) is 0 Å². The first kappa shape index (κ1) is 20.5. The summed E-state index contributed by atoms with van der Waals surface area (Å²) in [5.41, 5.74) is 1.81. The van der Waals surface area contributed by atoms with Crippen molar-refractivity contribution in [2.75, 3.05) is 17.1 Å². The third-order valence-corrected chi connectivity index (χ3v) is 5.48. The summed E-state index contributed by atoms with van der Waals surface area (Å²) >= 11 is 0. The first-order chi connectivity index (χ1) is 13.8. The molecular weight excluding hydrogens is 395 g/mol. The lowest BCUT2D eigenvalue weighted by atomic mass is 10.1. The number of para-hydroxylation sites is 1. The van der Waals surface area contributed by atoms with Gasteiger partial charge in [0.05, 0.1) is 17.6 Å². The lowest BCUT2D eigenvalue weighted by Crippen LogP contribution is -2.40. The number of imidazole rings is 1. The number of carbonyl (C=O) groups excluding carboxylic acids is 1. The summed E-state index contributed by atoms with van der Waals surface area (Å²) in [6, 6.07) is 12.6. The van der Waals surface area contributed by atoms with Crippen LogP contribution in [0.4, 0.5) is 10.1 Å². The van der Waals surface area contributed by atoms with Crippen LogP contribution < -0.4 is 9.62 Å². The number of aromatic nitrogens is 2. The summed E-state index contributed by atoms with van der Waals surface area (Å²) in [4.78, 5) is 16.7. The Kier molecular flexibility index (Phi) is 5.97. The van der Waals surface area contributed by atoms with Crippen molar-refractivity contribution in [1.29, 1.82) is 0 Å². The van der Waals surface area contributed by atoms with Gasteiger partial charge in [-0.25, -0.2) is 17.8 Å². The number of sulfonamides is 1. The van der Waals surface area contributed by atoms with Gasteiger partial charge in [-0.15, -0.1) is 0 Å². The fourth-order valence-electron chi connectivity index (χ4n) is 2.94. The number of anilines is 1. The Labute approximate surface area is 168 Å². The highest BCUT2D eigenvalue weighted by Crippen LogP contribution is 2.19. The molecule has 0 aliphatic heterocycles. The van der Waals surface area contributed by atoms with E-state index in [2.05, 4.69) is 10.3 Å². The average Bonchev–Trinajstić information content (AvgIpc) is 3.09. The van der Waals surface area contributed by atoms with E-state index in [1.807, 2.05) is 42.0 Å². The number of aryl methyl sites for hydroxylation is 1. The number of nitrogens with zero attached hydrogens (tertiary/aromatic N) is 3. The molecule has 0 aliphatic carbocycles. The highest BCUT2D eigenvalue weighted by molar-refractivity contribution is 7.92. The fraction of sp³-hybridized carbons (Fsp3) is 0.200. The summed E-state index contributed by atoms with van der Waals surface area (Å²) < 4.78 is 40.5. The number of carbonyl (C=O) groups is 1. The normalized spacial score (nSPS) is 11.3. The summed E-state index contributed by atoms with van der Waals surface area (Å²) in [7, 11) is -3.77. The van der Waals surface area contributed by atoms with Crippen molar-refractivity contribution >= 4 is 21.6 Å². The van der Waals surface area contributed by atoms with Crippen LogP contribution >= 0.6 is 0 Å². The lowest BCUT2D eigenvalue weighted by Gasteiger charge is -2.22. The summed E-state index contributed by atoms with van der Waals surface area (Å²) in [5.74, 6) is -0.281. The van der Waals surface area contributed by atoms with E-state index in [9.17, 15) is 17.6 Å². The van der Waals surface area contributed by atoms with Crippen molar-refractivity contribution in [1.82, 2.24) is 14.9 Å². The second kappa shape index (κ2) is 8.44. The van der Waals surface area contributed by atoms with Crippen molar-refractivity contribution in [2.24, 2.45) is 0 Å². The molecule has 0 radical (unpaired) electrons. The molecular formula is C20H21FN4O3S. The second-order valence-electron chi connectivity index (χ2n) is 6.50. The van der Waals surface area contributed by atoms with Gasteiger partial charge >= 0.3 is 0 Å². The van der Waals surface area contributed by atoms with E-state index >= 15 is 0 Å². The standard InChI is InChI=1S/C20H21FN4O3S/c1-15-22-10-11-24(15)19-9-4-3-6-16(19)13-23-20(26)14-25(29(2,27)28)18-8-5-7-17(21)12-18/h3-12H,13-14H2,1-2H3,(H,23,26). The number of benzene rings is 2. The fourth-order valence-corrected chi connectivity index (χ4v) is 3.79. The molecule has 3 rings (SSSR count). The summed E-state index contributed by atoms with van der Waals surface area (Å²) in [5, 5.41) is 2.74. The first-order valence-corrected chi connectivity index (χ1v) is 10.7. The first-order valence-electron chi connectivity index (χ1n) is 8.84. The highest BCUT2D eigenvalue weighted by Gasteiger charge is 2.21. The minimum atomic E-state index is -3.77.